The molecule has 1 aromatic rings. The Morgan fingerprint density at radius 1 is 1.42 bits per heavy atom. The lowest BCUT2D eigenvalue weighted by Crippen LogP contribution is -2.57. The minimum absolute atomic E-state index is 0.350. The third-order valence-electron chi connectivity index (χ3n) is 2.95. The molecule has 19 heavy (non-hydrogen) atoms. The van der Waals surface area contributed by atoms with Crippen LogP contribution in [0.25, 0.3) is 0 Å². The first kappa shape index (κ1) is 13.5. The number of hydrogen-bond donors (Lipinski definition) is 1. The molecule has 1 amide bonds. The lowest BCUT2D eigenvalue weighted by atomic mass is 9.98. The summed E-state index contributed by atoms with van der Waals surface area (Å²) in [6, 6.07) is 7.48. The zero-order valence-corrected chi connectivity index (χ0v) is 12.0. The summed E-state index contributed by atoms with van der Waals surface area (Å²) in [4.78, 5) is 14.4. The number of amides is 1. The third kappa shape index (κ3) is 2.33. The average molecular weight is 276 g/mol. The van der Waals surface area contributed by atoms with Crippen LogP contribution in [0.2, 0.25) is 0 Å². The fraction of sp³-hybridized carbons (Fsp3) is 0.286. The van der Waals surface area contributed by atoms with Gasteiger partial charge in [-0.05, 0) is 32.9 Å². The maximum Gasteiger partial charge on any atom is 0.420 e. The first-order valence-electron chi connectivity index (χ1n) is 5.92. The number of ether oxygens (including phenoxy) is 1. The Labute approximate surface area is 118 Å². The van der Waals surface area contributed by atoms with E-state index < -0.39 is 11.6 Å². The number of thiocarbonyl (C=S) groups is 1. The van der Waals surface area contributed by atoms with Crippen LogP contribution in [0.15, 0.2) is 36.6 Å². The Hall–Kier alpha value is -1.88. The van der Waals surface area contributed by atoms with Crippen molar-refractivity contribution in [3.63, 3.8) is 0 Å². The normalized spacial score (nSPS) is 16.4. The van der Waals surface area contributed by atoms with Gasteiger partial charge in [0, 0.05) is 0 Å². The number of anilines is 2. The molecule has 0 aromatic heterocycles. The molecule has 0 bridgehead atoms. The average Bonchev–Trinajstić information content (AvgIpc) is 2.29. The van der Waals surface area contributed by atoms with Crippen LogP contribution in [-0.4, -0.2) is 16.6 Å². The zero-order valence-electron chi connectivity index (χ0n) is 11.2. The van der Waals surface area contributed by atoms with Gasteiger partial charge in [-0.1, -0.05) is 30.9 Å². The van der Waals surface area contributed by atoms with Gasteiger partial charge in [0.1, 0.15) is 4.99 Å². The van der Waals surface area contributed by atoms with Crippen LogP contribution in [0.1, 0.15) is 20.8 Å². The maximum absolute atomic E-state index is 12.3. The van der Waals surface area contributed by atoms with Crippen molar-refractivity contribution in [3.8, 4) is 0 Å². The van der Waals surface area contributed by atoms with Crippen LogP contribution in [0, 0.1) is 0 Å². The van der Waals surface area contributed by atoms with Crippen molar-refractivity contribution in [1.29, 1.82) is 0 Å². The van der Waals surface area contributed by atoms with Crippen LogP contribution in [0.3, 0.4) is 0 Å². The second kappa shape index (κ2) is 4.66. The smallest absolute Gasteiger partial charge is 0.415 e. The summed E-state index contributed by atoms with van der Waals surface area (Å²) in [6.45, 7) is 8.98. The van der Waals surface area contributed by atoms with Crippen LogP contribution in [0.4, 0.5) is 16.2 Å². The number of allylic oxidation sites excluding steroid dienone is 1. The number of para-hydroxylation sites is 2. The lowest BCUT2D eigenvalue weighted by molar-refractivity contribution is 0.180. The Balaban J connectivity index is 2.51. The van der Waals surface area contributed by atoms with Gasteiger partial charge >= 0.3 is 6.09 Å². The molecule has 1 N–H and O–H groups in total. The van der Waals surface area contributed by atoms with Gasteiger partial charge in [-0.2, -0.15) is 0 Å². The summed E-state index contributed by atoms with van der Waals surface area (Å²) in [5.41, 5.74) is 0.883. The highest BCUT2D eigenvalue weighted by Gasteiger charge is 2.42. The minimum Gasteiger partial charge on any atom is -0.415 e. The van der Waals surface area contributed by atoms with E-state index in [1.807, 2.05) is 38.1 Å². The number of rotatable bonds is 1. The van der Waals surface area contributed by atoms with Crippen molar-refractivity contribution in [2.45, 2.75) is 26.3 Å². The SMILES string of the molecule is C=C(C)OC(=O)N1c2ccccc2NC(=S)C1(C)C. The highest BCUT2D eigenvalue weighted by molar-refractivity contribution is 7.80. The molecule has 0 radical (unpaired) electrons. The number of carbonyl (C=O) groups excluding carboxylic acids is 1. The van der Waals surface area contributed by atoms with Crippen molar-refractivity contribution < 1.29 is 9.53 Å². The molecule has 0 saturated carbocycles. The fourth-order valence-corrected chi connectivity index (χ4v) is 2.17. The minimum atomic E-state index is -0.657. The molecule has 0 aliphatic carbocycles. The molecule has 4 nitrogen and oxygen atoms in total. The molecular formula is C14H16N2O2S. The summed E-state index contributed by atoms with van der Waals surface area (Å²) < 4.78 is 5.14. The van der Waals surface area contributed by atoms with E-state index in [9.17, 15) is 4.79 Å². The second-order valence-corrected chi connectivity index (χ2v) is 5.34. The van der Waals surface area contributed by atoms with Gasteiger partial charge in [-0.15, -0.1) is 0 Å². The summed E-state index contributed by atoms with van der Waals surface area (Å²) in [5, 5.41) is 3.15. The molecule has 5 heteroatoms. The molecule has 0 unspecified atom stereocenters. The Bertz CT molecular complexity index is 566. The van der Waals surface area contributed by atoms with Gasteiger partial charge in [0.2, 0.25) is 0 Å². The molecule has 2 rings (SSSR count). The molecule has 0 spiro atoms. The first-order chi connectivity index (χ1) is 8.84. The fourth-order valence-electron chi connectivity index (χ4n) is 1.97. The quantitative estimate of drug-likeness (QED) is 0.627. The predicted octanol–water partition coefficient (Wildman–Crippen LogP) is 3.69. The molecule has 100 valence electrons. The van der Waals surface area contributed by atoms with Gasteiger partial charge in [0.15, 0.2) is 0 Å². The number of fused-ring (bicyclic) bond motifs is 1. The van der Waals surface area contributed by atoms with Gasteiger partial charge in [-0.25, -0.2) is 4.79 Å². The molecule has 1 heterocycles. The van der Waals surface area contributed by atoms with Crippen molar-refractivity contribution in [1.82, 2.24) is 0 Å². The molecule has 0 saturated heterocycles. The number of nitrogens with one attached hydrogen (secondary N) is 1. The Kier molecular flexibility index (Phi) is 3.32. The van der Waals surface area contributed by atoms with Crippen LogP contribution >= 0.6 is 12.2 Å². The molecular weight excluding hydrogens is 260 g/mol. The summed E-state index contributed by atoms with van der Waals surface area (Å²) >= 11 is 5.34. The number of benzene rings is 1. The highest BCUT2D eigenvalue weighted by Crippen LogP contribution is 2.37. The summed E-state index contributed by atoms with van der Waals surface area (Å²) in [5.74, 6) is 0.350. The largest absolute Gasteiger partial charge is 0.420 e. The van der Waals surface area contributed by atoms with E-state index >= 15 is 0 Å². The molecule has 1 aromatic carbocycles. The highest BCUT2D eigenvalue weighted by atomic mass is 32.1. The number of nitrogens with zero attached hydrogens (tertiary/aromatic N) is 1. The molecule has 1 aliphatic rings. The van der Waals surface area contributed by atoms with Gasteiger partial charge in [0.25, 0.3) is 0 Å². The van der Waals surface area contributed by atoms with Gasteiger partial charge < -0.3 is 10.1 Å². The van der Waals surface area contributed by atoms with E-state index in [0.717, 1.165) is 11.4 Å². The van der Waals surface area contributed by atoms with Crippen molar-refractivity contribution in [3.05, 3.63) is 36.6 Å². The predicted molar refractivity (Wildman–Crippen MR) is 80.5 cm³/mol. The number of hydrogen-bond acceptors (Lipinski definition) is 3. The van der Waals surface area contributed by atoms with E-state index in [2.05, 4.69) is 11.9 Å². The standard InChI is InChI=1S/C14H16N2O2S/c1-9(2)18-13(17)16-11-8-6-5-7-10(11)15-12(19)14(16,3)4/h5-8H,1H2,2-4H3,(H,15,19). The van der Waals surface area contributed by atoms with Gasteiger partial charge in [0.05, 0.1) is 22.7 Å². The molecule has 1 aliphatic heterocycles. The van der Waals surface area contributed by atoms with E-state index in [-0.39, 0.29) is 0 Å². The maximum atomic E-state index is 12.3. The van der Waals surface area contributed by atoms with E-state index in [1.165, 1.54) is 0 Å². The summed E-state index contributed by atoms with van der Waals surface area (Å²) in [7, 11) is 0. The zero-order chi connectivity index (χ0) is 14.2. The lowest BCUT2D eigenvalue weighted by Gasteiger charge is -2.43. The van der Waals surface area contributed by atoms with Crippen LogP contribution in [-0.2, 0) is 4.74 Å². The first-order valence-corrected chi connectivity index (χ1v) is 6.33. The second-order valence-electron chi connectivity index (χ2n) is 4.94. The van der Waals surface area contributed by atoms with Crippen molar-refractivity contribution >= 4 is 34.7 Å². The van der Waals surface area contributed by atoms with Gasteiger partial charge in [-0.3, -0.25) is 4.90 Å². The van der Waals surface area contributed by atoms with Crippen molar-refractivity contribution in [2.24, 2.45) is 0 Å². The molecule has 0 fully saturated rings. The van der Waals surface area contributed by atoms with Crippen LogP contribution in [0.5, 0.6) is 0 Å². The summed E-state index contributed by atoms with van der Waals surface area (Å²) in [6.07, 6.45) is -0.478. The number of carbonyl (C=O) groups is 1. The van der Waals surface area contributed by atoms with E-state index in [1.54, 1.807) is 11.8 Å². The Morgan fingerprint density at radius 3 is 2.68 bits per heavy atom. The van der Waals surface area contributed by atoms with Crippen molar-refractivity contribution in [2.75, 3.05) is 10.2 Å². The monoisotopic (exact) mass is 276 g/mol. The Morgan fingerprint density at radius 2 is 2.05 bits per heavy atom. The third-order valence-corrected chi connectivity index (χ3v) is 3.55. The van der Waals surface area contributed by atoms with Crippen LogP contribution < -0.4 is 10.2 Å². The van der Waals surface area contributed by atoms with E-state index in [0.29, 0.717) is 10.7 Å². The topological polar surface area (TPSA) is 41.6 Å². The molecule has 0 atom stereocenters. The van der Waals surface area contributed by atoms with E-state index in [4.69, 9.17) is 17.0 Å².